The molecule has 0 saturated carbocycles. The first kappa shape index (κ1) is 13.9. The van der Waals surface area contributed by atoms with Gasteiger partial charge in [-0.1, -0.05) is 5.16 Å². The Balaban J connectivity index is 1.96. The lowest BCUT2D eigenvalue weighted by Crippen LogP contribution is -2.29. The van der Waals surface area contributed by atoms with Crippen LogP contribution in [0.25, 0.3) is 0 Å². The summed E-state index contributed by atoms with van der Waals surface area (Å²) >= 11 is 0. The van der Waals surface area contributed by atoms with E-state index in [1.807, 2.05) is 6.92 Å². The number of hydrogen-bond acceptors (Lipinski definition) is 4. The van der Waals surface area contributed by atoms with Gasteiger partial charge in [0.15, 0.2) is 0 Å². The number of carbonyl (C=O) groups excluding carboxylic acids is 1. The third kappa shape index (κ3) is 3.05. The number of pyridine rings is 1. The maximum atomic E-state index is 11.8. The van der Waals surface area contributed by atoms with E-state index in [0.29, 0.717) is 18.0 Å². The normalized spacial score (nSPS) is 10.3. The van der Waals surface area contributed by atoms with Crippen molar-refractivity contribution >= 4 is 11.7 Å². The van der Waals surface area contributed by atoms with Gasteiger partial charge in [-0.05, 0) is 19.9 Å². The monoisotopic (exact) mass is 276 g/mol. The van der Waals surface area contributed by atoms with Crippen LogP contribution in [0.5, 0.6) is 0 Å². The van der Waals surface area contributed by atoms with Crippen molar-refractivity contribution in [2.75, 3.05) is 5.32 Å². The van der Waals surface area contributed by atoms with E-state index in [1.54, 1.807) is 26.2 Å². The summed E-state index contributed by atoms with van der Waals surface area (Å²) in [5.41, 5.74) is 2.03. The number of nitrogens with zero attached hydrogens (tertiary/aromatic N) is 2. The Morgan fingerprint density at radius 2 is 2.15 bits per heavy atom. The van der Waals surface area contributed by atoms with Crippen molar-refractivity contribution in [3.05, 3.63) is 45.7 Å². The highest BCUT2D eigenvalue weighted by molar-refractivity contribution is 5.88. The molecule has 0 aliphatic rings. The minimum atomic E-state index is -0.358. The molecule has 2 N–H and O–H groups in total. The molecule has 0 spiro atoms. The Bertz CT molecular complexity index is 668. The number of aromatic nitrogens is 2. The van der Waals surface area contributed by atoms with Crippen LogP contribution in [0.15, 0.2) is 27.6 Å². The molecule has 2 rings (SSSR count). The van der Waals surface area contributed by atoms with Crippen LogP contribution in [0.4, 0.5) is 10.5 Å². The van der Waals surface area contributed by atoms with Crippen LogP contribution in [-0.2, 0) is 13.6 Å². The highest BCUT2D eigenvalue weighted by Crippen LogP contribution is 2.11. The molecule has 20 heavy (non-hydrogen) atoms. The van der Waals surface area contributed by atoms with Crippen LogP contribution in [0.3, 0.4) is 0 Å². The van der Waals surface area contributed by atoms with Crippen LogP contribution >= 0.6 is 0 Å². The van der Waals surface area contributed by atoms with Gasteiger partial charge in [-0.15, -0.1) is 0 Å². The highest BCUT2D eigenvalue weighted by atomic mass is 16.5. The lowest BCUT2D eigenvalue weighted by Gasteiger charge is -2.08. The molecule has 2 amide bonds. The Kier molecular flexibility index (Phi) is 3.88. The average molecular weight is 276 g/mol. The molecule has 106 valence electrons. The fourth-order valence-electron chi connectivity index (χ4n) is 1.77. The molecular formula is C13H16N4O3. The molecule has 0 aromatic carbocycles. The predicted octanol–water partition coefficient (Wildman–Crippen LogP) is 1.31. The fourth-order valence-corrected chi connectivity index (χ4v) is 1.77. The van der Waals surface area contributed by atoms with Gasteiger partial charge in [-0.25, -0.2) is 4.79 Å². The number of rotatable bonds is 3. The van der Waals surface area contributed by atoms with E-state index in [2.05, 4.69) is 15.8 Å². The summed E-state index contributed by atoms with van der Waals surface area (Å²) in [6.07, 6.45) is 1.55. The molecule has 0 aliphatic heterocycles. The molecule has 0 bridgehead atoms. The summed E-state index contributed by atoms with van der Waals surface area (Å²) in [5, 5.41) is 9.18. The molecule has 0 saturated heterocycles. The quantitative estimate of drug-likeness (QED) is 0.884. The zero-order valence-electron chi connectivity index (χ0n) is 11.6. The number of anilines is 1. The summed E-state index contributed by atoms with van der Waals surface area (Å²) in [6, 6.07) is 2.59. The third-order valence-corrected chi connectivity index (χ3v) is 2.95. The average Bonchev–Trinajstić information content (AvgIpc) is 2.71. The van der Waals surface area contributed by atoms with Crippen molar-refractivity contribution in [3.8, 4) is 0 Å². The van der Waals surface area contributed by atoms with E-state index >= 15 is 0 Å². The lowest BCUT2D eigenvalue weighted by molar-refractivity contribution is 0.251. The van der Waals surface area contributed by atoms with E-state index in [-0.39, 0.29) is 11.6 Å². The number of urea groups is 1. The zero-order valence-corrected chi connectivity index (χ0v) is 11.6. The van der Waals surface area contributed by atoms with E-state index in [0.717, 1.165) is 11.3 Å². The molecule has 0 atom stereocenters. The van der Waals surface area contributed by atoms with Gasteiger partial charge in [0.1, 0.15) is 5.76 Å². The standard InChI is InChI=1S/C13H16N4O3/c1-8-11(9(2)20-16-8)6-14-13(19)15-10-4-5-12(18)17(3)7-10/h4-5,7H,6H2,1-3H3,(H2,14,15,19). The SMILES string of the molecule is Cc1noc(C)c1CNC(=O)Nc1ccc(=O)n(C)c1. The van der Waals surface area contributed by atoms with Crippen molar-refractivity contribution < 1.29 is 9.32 Å². The van der Waals surface area contributed by atoms with Crippen molar-refractivity contribution in [1.29, 1.82) is 0 Å². The number of amides is 2. The molecule has 0 fully saturated rings. The molecule has 0 unspecified atom stereocenters. The van der Waals surface area contributed by atoms with Gasteiger partial charge in [0.2, 0.25) is 5.56 Å². The van der Waals surface area contributed by atoms with Crippen molar-refractivity contribution in [3.63, 3.8) is 0 Å². The summed E-state index contributed by atoms with van der Waals surface area (Å²) in [4.78, 5) is 23.0. The Morgan fingerprint density at radius 1 is 1.40 bits per heavy atom. The molecule has 2 aromatic rings. The van der Waals surface area contributed by atoms with Gasteiger partial charge >= 0.3 is 6.03 Å². The summed E-state index contributed by atoms with van der Waals surface area (Å²) < 4.78 is 6.41. The fraction of sp³-hybridized carbons (Fsp3) is 0.308. The molecule has 2 heterocycles. The second kappa shape index (κ2) is 5.60. The molecule has 7 heteroatoms. The Labute approximate surface area is 115 Å². The number of aryl methyl sites for hydroxylation is 3. The maximum Gasteiger partial charge on any atom is 0.319 e. The number of carbonyl (C=O) groups is 1. The zero-order chi connectivity index (χ0) is 14.7. The first-order valence-corrected chi connectivity index (χ1v) is 6.10. The van der Waals surface area contributed by atoms with Crippen molar-refractivity contribution in [1.82, 2.24) is 15.0 Å². The minimum absolute atomic E-state index is 0.133. The van der Waals surface area contributed by atoms with E-state index in [1.165, 1.54) is 10.6 Å². The van der Waals surface area contributed by atoms with Gasteiger partial charge in [-0.3, -0.25) is 4.79 Å². The largest absolute Gasteiger partial charge is 0.361 e. The van der Waals surface area contributed by atoms with Crippen LogP contribution in [0.2, 0.25) is 0 Å². The molecular weight excluding hydrogens is 260 g/mol. The van der Waals surface area contributed by atoms with Gasteiger partial charge in [-0.2, -0.15) is 0 Å². The van der Waals surface area contributed by atoms with Gasteiger partial charge in [0, 0.05) is 31.4 Å². The van der Waals surface area contributed by atoms with Crippen molar-refractivity contribution in [2.24, 2.45) is 7.05 Å². The highest BCUT2D eigenvalue weighted by Gasteiger charge is 2.10. The smallest absolute Gasteiger partial charge is 0.319 e. The Hall–Kier alpha value is -2.57. The van der Waals surface area contributed by atoms with Crippen LogP contribution < -0.4 is 16.2 Å². The predicted molar refractivity (Wildman–Crippen MR) is 73.5 cm³/mol. The third-order valence-electron chi connectivity index (χ3n) is 2.95. The number of hydrogen-bond donors (Lipinski definition) is 2. The lowest BCUT2D eigenvalue weighted by atomic mass is 10.2. The molecule has 2 aromatic heterocycles. The second-order valence-corrected chi connectivity index (χ2v) is 4.48. The van der Waals surface area contributed by atoms with E-state index < -0.39 is 0 Å². The summed E-state index contributed by atoms with van der Waals surface area (Å²) in [5.74, 6) is 0.685. The molecule has 0 aliphatic carbocycles. The van der Waals surface area contributed by atoms with Crippen LogP contribution in [0, 0.1) is 13.8 Å². The van der Waals surface area contributed by atoms with Crippen LogP contribution in [-0.4, -0.2) is 15.8 Å². The number of nitrogens with one attached hydrogen (secondary N) is 2. The second-order valence-electron chi connectivity index (χ2n) is 4.48. The first-order chi connectivity index (χ1) is 9.47. The van der Waals surface area contributed by atoms with Gasteiger partial charge < -0.3 is 19.7 Å². The van der Waals surface area contributed by atoms with Crippen LogP contribution in [0.1, 0.15) is 17.0 Å². The van der Waals surface area contributed by atoms with E-state index in [4.69, 9.17) is 4.52 Å². The summed E-state index contributed by atoms with van der Waals surface area (Å²) in [6.45, 7) is 3.94. The minimum Gasteiger partial charge on any atom is -0.361 e. The van der Waals surface area contributed by atoms with Gasteiger partial charge in [0.05, 0.1) is 11.4 Å². The van der Waals surface area contributed by atoms with Gasteiger partial charge in [0.25, 0.3) is 0 Å². The summed E-state index contributed by atoms with van der Waals surface area (Å²) in [7, 11) is 1.62. The van der Waals surface area contributed by atoms with E-state index in [9.17, 15) is 9.59 Å². The maximum absolute atomic E-state index is 11.8. The molecule has 7 nitrogen and oxygen atoms in total. The molecule has 0 radical (unpaired) electrons. The topological polar surface area (TPSA) is 89.2 Å². The first-order valence-electron chi connectivity index (χ1n) is 6.10. The Morgan fingerprint density at radius 3 is 2.75 bits per heavy atom. The van der Waals surface area contributed by atoms with Crippen molar-refractivity contribution in [2.45, 2.75) is 20.4 Å².